The number of carbonyl (C=O) groups excluding carboxylic acids is 2. The summed E-state index contributed by atoms with van der Waals surface area (Å²) in [4.78, 5) is 26.8. The van der Waals surface area contributed by atoms with Crippen molar-refractivity contribution in [1.82, 2.24) is 0 Å². The first-order valence-electron chi connectivity index (χ1n) is 13.0. The van der Waals surface area contributed by atoms with E-state index in [4.69, 9.17) is 13.9 Å². The molecule has 0 heterocycles. The van der Waals surface area contributed by atoms with Crippen LogP contribution in [0.2, 0.25) is 16.6 Å². The number of esters is 2. The Labute approximate surface area is 217 Å². The van der Waals surface area contributed by atoms with Crippen LogP contribution in [0.25, 0.3) is 0 Å². The van der Waals surface area contributed by atoms with E-state index in [1.165, 1.54) is 19.8 Å². The number of carbonyl (C=O) groups is 2. The molecule has 0 bridgehead atoms. The SMILES string of the molecule is COC(=O)C1(C(=O)OC)C=CC2=C[C@H](C)[C@H](c3ccccc3)C=C(O[Si](C(C)C)(C(C)C)C(C)C)[C@@H]21. The van der Waals surface area contributed by atoms with Crippen LogP contribution in [0.4, 0.5) is 0 Å². The first kappa shape index (κ1) is 28.0. The molecule has 2 aliphatic carbocycles. The lowest BCUT2D eigenvalue weighted by Gasteiger charge is -2.45. The molecule has 6 heteroatoms. The Bertz CT molecular complexity index is 1010. The summed E-state index contributed by atoms with van der Waals surface area (Å²) in [6, 6.07) is 10.3. The number of ether oxygens (including phenoxy) is 2. The second-order valence-electron chi connectivity index (χ2n) is 11.1. The molecule has 0 N–H and O–H groups in total. The number of rotatable bonds is 8. The summed E-state index contributed by atoms with van der Waals surface area (Å²) < 4.78 is 17.7. The lowest BCUT2D eigenvalue weighted by Crippen LogP contribution is -2.51. The van der Waals surface area contributed by atoms with E-state index in [2.05, 4.69) is 72.8 Å². The quantitative estimate of drug-likeness (QED) is 0.215. The van der Waals surface area contributed by atoms with Gasteiger partial charge >= 0.3 is 11.9 Å². The van der Waals surface area contributed by atoms with Crippen molar-refractivity contribution in [1.29, 1.82) is 0 Å². The van der Waals surface area contributed by atoms with E-state index in [0.29, 0.717) is 22.4 Å². The van der Waals surface area contributed by atoms with Crippen molar-refractivity contribution in [3.05, 3.63) is 71.5 Å². The van der Waals surface area contributed by atoms with Crippen molar-refractivity contribution in [3.8, 4) is 0 Å². The van der Waals surface area contributed by atoms with Gasteiger partial charge in [0.25, 0.3) is 8.32 Å². The topological polar surface area (TPSA) is 61.8 Å². The third-order valence-corrected chi connectivity index (χ3v) is 14.2. The van der Waals surface area contributed by atoms with Crippen LogP contribution in [0.3, 0.4) is 0 Å². The fraction of sp³-hybridized carbons (Fsp3) is 0.533. The standard InChI is InChI=1S/C30H42O5Si/c1-19(2)36(20(3)4,21(5)6)35-26-18-25(23-13-11-10-12-14-23)22(7)17-24-15-16-30(27(24)26,28(31)33-8)29(32)34-9/h10-22,25,27H,1-9H3/t22-,25+,27+/m0/s1. The lowest BCUT2D eigenvalue weighted by molar-refractivity contribution is -0.167. The van der Waals surface area contributed by atoms with Crippen LogP contribution >= 0.6 is 0 Å². The minimum atomic E-state index is -2.43. The number of fused-ring (bicyclic) bond motifs is 1. The van der Waals surface area contributed by atoms with Gasteiger partial charge in [0, 0.05) is 5.92 Å². The summed E-state index contributed by atoms with van der Waals surface area (Å²) >= 11 is 0. The molecule has 0 aliphatic heterocycles. The van der Waals surface area contributed by atoms with Crippen molar-refractivity contribution >= 4 is 20.3 Å². The van der Waals surface area contributed by atoms with Gasteiger partial charge in [0.1, 0.15) is 0 Å². The summed E-state index contributed by atoms with van der Waals surface area (Å²) in [6.45, 7) is 15.6. The van der Waals surface area contributed by atoms with E-state index in [-0.39, 0.29) is 11.8 Å². The molecule has 0 radical (unpaired) electrons. The molecular formula is C30H42O5Si. The molecule has 0 saturated heterocycles. The molecule has 3 rings (SSSR count). The molecule has 0 amide bonds. The normalized spacial score (nSPS) is 23.2. The maximum absolute atomic E-state index is 13.4. The molecular weight excluding hydrogens is 468 g/mol. The van der Waals surface area contributed by atoms with Gasteiger partial charge in [0.05, 0.1) is 25.9 Å². The van der Waals surface area contributed by atoms with E-state index in [0.717, 1.165) is 5.57 Å². The van der Waals surface area contributed by atoms with Crippen LogP contribution < -0.4 is 0 Å². The summed E-state index contributed by atoms with van der Waals surface area (Å²) in [5, 5.41) is 0. The summed E-state index contributed by atoms with van der Waals surface area (Å²) in [5.41, 5.74) is 1.39. The molecule has 1 aromatic carbocycles. The molecule has 36 heavy (non-hydrogen) atoms. The highest BCUT2D eigenvalue weighted by Gasteiger charge is 2.60. The third kappa shape index (κ3) is 4.49. The number of allylic oxidation sites excluding steroid dienone is 4. The van der Waals surface area contributed by atoms with E-state index < -0.39 is 31.6 Å². The van der Waals surface area contributed by atoms with Gasteiger partial charge in [-0.25, -0.2) is 0 Å². The largest absolute Gasteiger partial charge is 0.545 e. The molecule has 0 unspecified atom stereocenters. The Morgan fingerprint density at radius 2 is 1.39 bits per heavy atom. The molecule has 0 fully saturated rings. The van der Waals surface area contributed by atoms with Crippen LogP contribution in [-0.4, -0.2) is 34.5 Å². The second kappa shape index (κ2) is 10.8. The highest BCUT2D eigenvalue weighted by molar-refractivity contribution is 6.77. The van der Waals surface area contributed by atoms with Gasteiger partial charge in [0.15, 0.2) is 5.41 Å². The number of hydrogen-bond acceptors (Lipinski definition) is 5. The van der Waals surface area contributed by atoms with Crippen LogP contribution in [0.1, 0.15) is 59.9 Å². The summed E-state index contributed by atoms with van der Waals surface area (Å²) in [7, 11) is 0.198. The molecule has 0 aromatic heterocycles. The zero-order valence-corrected chi connectivity index (χ0v) is 24.2. The average Bonchev–Trinajstić information content (AvgIpc) is 3.16. The van der Waals surface area contributed by atoms with Crippen LogP contribution in [0.15, 0.2) is 66.0 Å². The van der Waals surface area contributed by atoms with E-state index in [9.17, 15) is 9.59 Å². The molecule has 5 nitrogen and oxygen atoms in total. The van der Waals surface area contributed by atoms with Crippen molar-refractivity contribution in [2.75, 3.05) is 14.2 Å². The van der Waals surface area contributed by atoms with E-state index in [1.54, 1.807) is 6.08 Å². The van der Waals surface area contributed by atoms with Gasteiger partial charge < -0.3 is 13.9 Å². The summed E-state index contributed by atoms with van der Waals surface area (Å²) in [5.74, 6) is -1.08. The van der Waals surface area contributed by atoms with Gasteiger partial charge in [-0.05, 0) is 39.8 Å². The Kier molecular flexibility index (Phi) is 8.39. The maximum atomic E-state index is 13.4. The minimum Gasteiger partial charge on any atom is -0.545 e. The predicted molar refractivity (Wildman–Crippen MR) is 146 cm³/mol. The zero-order valence-electron chi connectivity index (χ0n) is 23.2. The average molecular weight is 511 g/mol. The van der Waals surface area contributed by atoms with Crippen molar-refractivity contribution in [2.45, 2.75) is 71.0 Å². The molecule has 0 saturated carbocycles. The highest BCUT2D eigenvalue weighted by Crippen LogP contribution is 2.54. The van der Waals surface area contributed by atoms with Gasteiger partial charge in [-0.3, -0.25) is 9.59 Å². The summed E-state index contributed by atoms with van der Waals surface area (Å²) in [6.07, 6.45) is 7.86. The van der Waals surface area contributed by atoms with Crippen molar-refractivity contribution in [2.24, 2.45) is 17.3 Å². The zero-order chi connectivity index (χ0) is 26.8. The minimum absolute atomic E-state index is 0.0267. The fourth-order valence-corrected chi connectivity index (χ4v) is 11.9. The van der Waals surface area contributed by atoms with Crippen molar-refractivity contribution < 1.29 is 23.5 Å². The molecule has 2 aliphatic rings. The molecule has 0 spiro atoms. The van der Waals surface area contributed by atoms with Gasteiger partial charge in [-0.15, -0.1) is 0 Å². The number of benzene rings is 1. The second-order valence-corrected chi connectivity index (χ2v) is 16.4. The highest BCUT2D eigenvalue weighted by atomic mass is 28.4. The Balaban J connectivity index is 2.33. The molecule has 1 aromatic rings. The third-order valence-electron chi connectivity index (χ3n) is 8.21. The Morgan fingerprint density at radius 3 is 1.86 bits per heavy atom. The van der Waals surface area contributed by atoms with Crippen molar-refractivity contribution in [3.63, 3.8) is 0 Å². The van der Waals surface area contributed by atoms with Gasteiger partial charge in [-0.1, -0.05) is 97.0 Å². The Hall–Kier alpha value is -2.60. The van der Waals surface area contributed by atoms with Crippen LogP contribution in [0.5, 0.6) is 0 Å². The van der Waals surface area contributed by atoms with Gasteiger partial charge in [0.2, 0.25) is 0 Å². The van der Waals surface area contributed by atoms with E-state index in [1.807, 2.05) is 24.3 Å². The number of methoxy groups -OCH3 is 2. The smallest absolute Gasteiger partial charge is 0.328 e. The van der Waals surface area contributed by atoms with Crippen LogP contribution in [-0.2, 0) is 23.5 Å². The van der Waals surface area contributed by atoms with Gasteiger partial charge in [-0.2, -0.15) is 0 Å². The first-order chi connectivity index (χ1) is 17.0. The van der Waals surface area contributed by atoms with Crippen LogP contribution in [0, 0.1) is 17.3 Å². The maximum Gasteiger partial charge on any atom is 0.328 e. The fourth-order valence-electron chi connectivity index (χ4n) is 6.57. The monoisotopic (exact) mass is 510 g/mol. The molecule has 196 valence electrons. The van der Waals surface area contributed by atoms with E-state index >= 15 is 0 Å². The predicted octanol–water partition coefficient (Wildman–Crippen LogP) is 6.94. The Morgan fingerprint density at radius 1 is 0.861 bits per heavy atom. The number of hydrogen-bond donors (Lipinski definition) is 0. The molecule has 3 atom stereocenters. The first-order valence-corrected chi connectivity index (χ1v) is 15.1. The lowest BCUT2D eigenvalue weighted by atomic mass is 9.75.